The number of carbonyl (C=O) groups is 3. The predicted octanol–water partition coefficient (Wildman–Crippen LogP) is 0.312. The molecule has 0 radical (unpaired) electrons. The molecular weight excluding hydrogens is 358 g/mol. The number of aryl methyl sites for hydroxylation is 1. The van der Waals surface area contributed by atoms with Crippen LogP contribution in [0.25, 0.3) is 0 Å². The standard InChI is InChI=1S/C16H23N5O6/c1-3-14(22)17-8-5-4-6-12(16(24)27-2)19-15(23)7-9-20-10-13(18-11-20)21(25)26/h3,10-12H,1,4-9H2,2H3,(H,17,22)(H,19,23)/t12-/m0/s1. The molecular formula is C16H23N5O6. The van der Waals surface area contributed by atoms with Gasteiger partial charge in [0.05, 0.1) is 7.11 Å². The molecule has 148 valence electrons. The summed E-state index contributed by atoms with van der Waals surface area (Å²) in [4.78, 5) is 48.4. The van der Waals surface area contributed by atoms with Gasteiger partial charge in [-0.05, 0) is 35.2 Å². The van der Waals surface area contributed by atoms with E-state index in [1.807, 2.05) is 0 Å². The SMILES string of the molecule is C=CC(=O)NCCCC[C@H](NC(=O)CCn1cnc([N+](=O)[O-])c1)C(=O)OC. The van der Waals surface area contributed by atoms with E-state index in [4.69, 9.17) is 4.74 Å². The van der Waals surface area contributed by atoms with Crippen molar-refractivity contribution in [3.05, 3.63) is 35.3 Å². The van der Waals surface area contributed by atoms with Crippen LogP contribution in [0.5, 0.6) is 0 Å². The first-order chi connectivity index (χ1) is 12.9. The van der Waals surface area contributed by atoms with Gasteiger partial charge in [-0.2, -0.15) is 0 Å². The van der Waals surface area contributed by atoms with Crippen LogP contribution in [0.3, 0.4) is 0 Å². The fraction of sp³-hybridized carbons (Fsp3) is 0.500. The average molecular weight is 381 g/mol. The second kappa shape index (κ2) is 11.4. The van der Waals surface area contributed by atoms with Crippen molar-refractivity contribution in [3.63, 3.8) is 0 Å². The average Bonchev–Trinajstić information content (AvgIpc) is 3.13. The zero-order valence-corrected chi connectivity index (χ0v) is 15.1. The molecule has 0 aliphatic heterocycles. The van der Waals surface area contributed by atoms with Crippen molar-refractivity contribution in [2.75, 3.05) is 13.7 Å². The number of unbranched alkanes of at least 4 members (excludes halogenated alkanes) is 1. The zero-order valence-electron chi connectivity index (χ0n) is 15.1. The molecule has 0 aliphatic carbocycles. The van der Waals surface area contributed by atoms with Crippen molar-refractivity contribution < 1.29 is 24.0 Å². The number of nitro groups is 1. The maximum absolute atomic E-state index is 12.1. The van der Waals surface area contributed by atoms with Gasteiger partial charge in [0.2, 0.25) is 18.1 Å². The summed E-state index contributed by atoms with van der Waals surface area (Å²) < 4.78 is 6.12. The number of rotatable bonds is 12. The van der Waals surface area contributed by atoms with Crippen LogP contribution in [0.15, 0.2) is 25.2 Å². The van der Waals surface area contributed by atoms with Gasteiger partial charge in [-0.25, -0.2) is 4.79 Å². The fourth-order valence-corrected chi connectivity index (χ4v) is 2.21. The van der Waals surface area contributed by atoms with Crippen molar-refractivity contribution in [2.45, 2.75) is 38.3 Å². The van der Waals surface area contributed by atoms with Crippen LogP contribution in [0.4, 0.5) is 5.82 Å². The number of esters is 1. The minimum Gasteiger partial charge on any atom is -0.467 e. The Morgan fingerprint density at radius 1 is 1.44 bits per heavy atom. The van der Waals surface area contributed by atoms with Crippen LogP contribution in [-0.2, 0) is 25.7 Å². The van der Waals surface area contributed by atoms with E-state index in [1.165, 1.54) is 30.3 Å². The first-order valence-corrected chi connectivity index (χ1v) is 8.31. The minimum absolute atomic E-state index is 0.0242. The molecule has 0 saturated heterocycles. The number of carbonyl (C=O) groups excluding carboxylic acids is 3. The molecule has 1 aromatic rings. The summed E-state index contributed by atoms with van der Waals surface area (Å²) in [5, 5.41) is 15.8. The van der Waals surface area contributed by atoms with E-state index in [9.17, 15) is 24.5 Å². The molecule has 0 fully saturated rings. The lowest BCUT2D eigenvalue weighted by Gasteiger charge is -2.16. The minimum atomic E-state index is -0.797. The Bertz CT molecular complexity index is 687. The van der Waals surface area contributed by atoms with Crippen LogP contribution in [0.2, 0.25) is 0 Å². The number of nitrogens with zero attached hydrogens (tertiary/aromatic N) is 3. The summed E-state index contributed by atoms with van der Waals surface area (Å²) in [7, 11) is 1.23. The number of hydrogen-bond donors (Lipinski definition) is 2. The molecule has 2 amide bonds. The van der Waals surface area contributed by atoms with E-state index in [0.717, 1.165) is 0 Å². The van der Waals surface area contributed by atoms with Gasteiger partial charge in [-0.15, -0.1) is 0 Å². The van der Waals surface area contributed by atoms with Crippen LogP contribution in [0.1, 0.15) is 25.7 Å². The van der Waals surface area contributed by atoms with Crippen molar-refractivity contribution in [3.8, 4) is 0 Å². The Morgan fingerprint density at radius 2 is 2.19 bits per heavy atom. The molecule has 2 N–H and O–H groups in total. The lowest BCUT2D eigenvalue weighted by Crippen LogP contribution is -2.41. The molecule has 0 unspecified atom stereocenters. The summed E-state index contributed by atoms with van der Waals surface area (Å²) in [6.07, 6.45) is 5.26. The van der Waals surface area contributed by atoms with Crippen LogP contribution in [-0.4, -0.2) is 52.0 Å². The number of methoxy groups -OCH3 is 1. The predicted molar refractivity (Wildman–Crippen MR) is 94.5 cm³/mol. The van der Waals surface area contributed by atoms with Gasteiger partial charge in [0.1, 0.15) is 12.2 Å². The van der Waals surface area contributed by atoms with E-state index < -0.39 is 16.9 Å². The highest BCUT2D eigenvalue weighted by molar-refractivity contribution is 5.86. The van der Waals surface area contributed by atoms with Gasteiger partial charge in [-0.1, -0.05) is 6.58 Å². The highest BCUT2D eigenvalue weighted by atomic mass is 16.6. The summed E-state index contributed by atoms with van der Waals surface area (Å²) >= 11 is 0. The molecule has 1 rings (SSSR count). The number of nitrogens with one attached hydrogen (secondary N) is 2. The lowest BCUT2D eigenvalue weighted by molar-refractivity contribution is -0.389. The van der Waals surface area contributed by atoms with Crippen molar-refractivity contribution in [1.29, 1.82) is 0 Å². The molecule has 0 spiro atoms. The summed E-state index contributed by atoms with van der Waals surface area (Å²) in [5.41, 5.74) is 0. The number of hydrogen-bond acceptors (Lipinski definition) is 7. The molecule has 0 bridgehead atoms. The van der Waals surface area contributed by atoms with Crippen LogP contribution < -0.4 is 10.6 Å². The highest BCUT2D eigenvalue weighted by Gasteiger charge is 2.21. The third-order valence-electron chi connectivity index (χ3n) is 3.63. The molecule has 27 heavy (non-hydrogen) atoms. The summed E-state index contributed by atoms with van der Waals surface area (Å²) in [6.45, 7) is 3.97. The summed E-state index contributed by atoms with van der Waals surface area (Å²) in [6, 6.07) is -0.797. The van der Waals surface area contributed by atoms with Gasteiger partial charge in [-0.3, -0.25) is 9.59 Å². The van der Waals surface area contributed by atoms with Crippen molar-refractivity contribution >= 4 is 23.6 Å². The maximum Gasteiger partial charge on any atom is 0.381 e. The summed E-state index contributed by atoms with van der Waals surface area (Å²) in [5.74, 6) is -1.52. The van der Waals surface area contributed by atoms with Crippen molar-refractivity contribution in [2.24, 2.45) is 0 Å². The maximum atomic E-state index is 12.1. The molecule has 0 aliphatic rings. The van der Waals surface area contributed by atoms with E-state index in [2.05, 4.69) is 22.2 Å². The molecule has 0 aromatic carbocycles. The topological polar surface area (TPSA) is 145 Å². The molecule has 0 saturated carbocycles. The second-order valence-electron chi connectivity index (χ2n) is 5.61. The van der Waals surface area contributed by atoms with Crippen molar-refractivity contribution in [1.82, 2.24) is 20.2 Å². The van der Waals surface area contributed by atoms with E-state index in [0.29, 0.717) is 25.8 Å². The van der Waals surface area contributed by atoms with Crippen LogP contribution >= 0.6 is 0 Å². The Kier molecular flexibility index (Phi) is 9.20. The third-order valence-corrected chi connectivity index (χ3v) is 3.63. The van der Waals surface area contributed by atoms with E-state index in [-0.39, 0.29) is 30.6 Å². The van der Waals surface area contributed by atoms with Gasteiger partial charge >= 0.3 is 11.8 Å². The lowest BCUT2D eigenvalue weighted by atomic mass is 10.1. The first kappa shape index (κ1) is 21.8. The third kappa shape index (κ3) is 8.12. The quantitative estimate of drug-likeness (QED) is 0.174. The van der Waals surface area contributed by atoms with Gasteiger partial charge in [0, 0.05) is 19.5 Å². The number of aromatic nitrogens is 2. The highest BCUT2D eigenvalue weighted by Crippen LogP contribution is 2.07. The van der Waals surface area contributed by atoms with Crippen LogP contribution in [0, 0.1) is 10.1 Å². The fourth-order valence-electron chi connectivity index (χ4n) is 2.21. The first-order valence-electron chi connectivity index (χ1n) is 8.31. The molecule has 11 heteroatoms. The molecule has 1 aromatic heterocycles. The smallest absolute Gasteiger partial charge is 0.381 e. The molecule has 11 nitrogen and oxygen atoms in total. The Morgan fingerprint density at radius 3 is 2.78 bits per heavy atom. The largest absolute Gasteiger partial charge is 0.467 e. The number of ether oxygens (including phenoxy) is 1. The zero-order chi connectivity index (χ0) is 20.2. The monoisotopic (exact) mass is 381 g/mol. The Labute approximate surface area is 155 Å². The number of amides is 2. The normalized spacial score (nSPS) is 11.3. The van der Waals surface area contributed by atoms with E-state index >= 15 is 0 Å². The Hall–Kier alpha value is -3.24. The second-order valence-corrected chi connectivity index (χ2v) is 5.61. The van der Waals surface area contributed by atoms with Gasteiger partial charge in [0.25, 0.3) is 0 Å². The molecule has 1 atom stereocenters. The number of imidazole rings is 1. The van der Waals surface area contributed by atoms with Gasteiger partial charge in [0.15, 0.2) is 0 Å². The Balaban J connectivity index is 2.41. The molecule has 1 heterocycles. The van der Waals surface area contributed by atoms with Gasteiger partial charge < -0.3 is 30.1 Å². The van der Waals surface area contributed by atoms with E-state index in [1.54, 1.807) is 0 Å².